The van der Waals surface area contributed by atoms with Crippen LogP contribution in [-0.2, 0) is 17.9 Å². The van der Waals surface area contributed by atoms with Gasteiger partial charge in [-0.2, -0.15) is 0 Å². The van der Waals surface area contributed by atoms with Gasteiger partial charge in [-0.25, -0.2) is 23.6 Å². The van der Waals surface area contributed by atoms with Crippen molar-refractivity contribution in [3.8, 4) is 16.8 Å². The van der Waals surface area contributed by atoms with Gasteiger partial charge in [-0.1, -0.05) is 58.0 Å². The fourth-order valence-corrected chi connectivity index (χ4v) is 3.65. The van der Waals surface area contributed by atoms with Crippen LogP contribution in [0.4, 0.5) is 0 Å². The summed E-state index contributed by atoms with van der Waals surface area (Å²) in [6.07, 6.45) is 8.23. The molecule has 14 heteroatoms. The van der Waals surface area contributed by atoms with E-state index in [-0.39, 0.29) is 41.3 Å². The van der Waals surface area contributed by atoms with Crippen LogP contribution in [0.5, 0.6) is 0 Å². The summed E-state index contributed by atoms with van der Waals surface area (Å²) in [6.45, 7) is 0. The quantitative estimate of drug-likeness (QED) is 0.235. The predicted octanol–water partition coefficient (Wildman–Crippen LogP) is -0.890. The summed E-state index contributed by atoms with van der Waals surface area (Å²) in [5.41, 5.74) is 2.80. The number of benzene rings is 1. The summed E-state index contributed by atoms with van der Waals surface area (Å²) in [5, 5.41) is 13.3. The number of aromatic nitrogens is 5. The highest BCUT2D eigenvalue weighted by atomic mass is 35.6. The van der Waals surface area contributed by atoms with Crippen molar-refractivity contribution in [2.45, 2.75) is 3.79 Å². The summed E-state index contributed by atoms with van der Waals surface area (Å²) in [7, 11) is 4.05. The van der Waals surface area contributed by atoms with Crippen molar-refractivity contribution in [2.75, 3.05) is 0 Å². The van der Waals surface area contributed by atoms with Crippen LogP contribution < -0.4 is 33.9 Å². The lowest BCUT2D eigenvalue weighted by Gasteiger charge is -2.12. The third-order valence-corrected chi connectivity index (χ3v) is 5.53. The molecule has 0 aliphatic rings. The largest absolute Gasteiger partial charge is 1.00 e. The van der Waals surface area contributed by atoms with Crippen molar-refractivity contribution in [2.24, 2.45) is 14.1 Å². The molecular weight excluding hydrogens is 614 g/mol. The van der Waals surface area contributed by atoms with Gasteiger partial charge in [-0.05, 0) is 29.3 Å². The van der Waals surface area contributed by atoms with E-state index < -0.39 is 15.6 Å². The number of carboxylic acids is 1. The molecule has 0 spiro atoms. The number of alkyl halides is 3. The highest BCUT2D eigenvalue weighted by molar-refractivity contribution is 6.66. The predicted molar refractivity (Wildman–Crippen MR) is 132 cm³/mol. The monoisotopic (exact) mass is 629 g/mol. The molecule has 0 radical (unpaired) electrons. The minimum atomic E-state index is -1.97. The van der Waals surface area contributed by atoms with Gasteiger partial charge in [0.1, 0.15) is 14.1 Å². The van der Waals surface area contributed by atoms with Crippen LogP contribution in [-0.4, -0.2) is 25.8 Å². The molecule has 0 aliphatic carbocycles. The Labute approximate surface area is 245 Å². The molecule has 4 aromatic rings. The number of carbonyl (C=O) groups is 1. The molecule has 7 nitrogen and oxygen atoms in total. The fourth-order valence-electron chi connectivity index (χ4n) is 2.79. The van der Waals surface area contributed by atoms with Crippen molar-refractivity contribution in [3.05, 3.63) is 88.9 Å². The number of aromatic carboxylic acids is 1. The second-order valence-electron chi connectivity index (χ2n) is 7.07. The highest BCUT2D eigenvalue weighted by Crippen LogP contribution is 2.39. The Bertz CT molecular complexity index is 1260. The molecule has 0 aliphatic heterocycles. The van der Waals surface area contributed by atoms with Crippen LogP contribution in [0.2, 0.25) is 10.0 Å². The molecule has 1 N–H and O–H groups in total. The van der Waals surface area contributed by atoms with E-state index in [1.54, 1.807) is 0 Å². The maximum atomic E-state index is 10.9. The molecule has 0 bridgehead atoms. The average Bonchev–Trinajstić information content (AvgIpc) is 3.22. The molecule has 36 heavy (non-hydrogen) atoms. The van der Waals surface area contributed by atoms with Crippen molar-refractivity contribution in [1.29, 1.82) is 0 Å². The van der Waals surface area contributed by atoms with Gasteiger partial charge in [-0.3, -0.25) is 0 Å². The lowest BCUT2D eigenvalue weighted by molar-refractivity contribution is -0.671. The number of hydrogen-bond acceptors (Lipinski definition) is 3. The Balaban J connectivity index is 0.000000359. The van der Waals surface area contributed by atoms with E-state index in [0.717, 1.165) is 4.68 Å². The summed E-state index contributed by atoms with van der Waals surface area (Å²) in [4.78, 5) is 14.6. The highest BCUT2D eigenvalue weighted by Gasteiger charge is 2.33. The molecule has 0 saturated heterocycles. The van der Waals surface area contributed by atoms with Crippen LogP contribution >= 0.6 is 58.0 Å². The second kappa shape index (κ2) is 13.6. The number of rotatable bonds is 3. The van der Waals surface area contributed by atoms with Crippen molar-refractivity contribution < 1.29 is 43.8 Å². The van der Waals surface area contributed by atoms with Crippen LogP contribution in [0.25, 0.3) is 16.8 Å². The maximum absolute atomic E-state index is 10.9. The molecule has 0 saturated carbocycles. The summed E-state index contributed by atoms with van der Waals surface area (Å²) < 4.78 is 3.15. The zero-order valence-electron chi connectivity index (χ0n) is 18.6. The van der Waals surface area contributed by atoms with E-state index in [1.165, 1.54) is 29.3 Å². The second-order valence-corrected chi connectivity index (χ2v) is 10.2. The van der Waals surface area contributed by atoms with Gasteiger partial charge in [0, 0.05) is 29.3 Å². The standard InChI is InChI=1S/C12H14N2.C10H4Cl5N3O2.2ClH/c1-13-7-3-11(4-8-13)12-5-9-14(2)10-6-12;11-4-1-2-6(5(12)3-4)18-9(10(13,14)15)16-7(17-18)8(19)20;;/h3-10H,1-2H3;1-3H,(H,19,20);2*1H/q+2;;;/p-2. The van der Waals surface area contributed by atoms with Gasteiger partial charge in [-0.15, -0.1) is 5.10 Å². The van der Waals surface area contributed by atoms with E-state index in [4.69, 9.17) is 63.1 Å². The molecule has 3 aromatic heterocycles. The molecule has 0 amide bonds. The topological polar surface area (TPSA) is 75.8 Å². The first kappa shape index (κ1) is 32.2. The number of nitrogens with zero attached hydrogens (tertiary/aromatic N) is 5. The molecule has 0 atom stereocenters. The van der Waals surface area contributed by atoms with E-state index in [1.807, 2.05) is 23.2 Å². The summed E-state index contributed by atoms with van der Waals surface area (Å²) in [6, 6.07) is 13.0. The number of pyridine rings is 2. The minimum Gasteiger partial charge on any atom is -1.00 e. The molecule has 1 aromatic carbocycles. The Hall–Kier alpha value is -1.84. The first-order valence-corrected chi connectivity index (χ1v) is 11.5. The normalized spacial score (nSPS) is 10.4. The fraction of sp³-hybridized carbons (Fsp3) is 0.136. The molecule has 3 heterocycles. The number of halogens is 7. The third kappa shape index (κ3) is 8.35. The van der Waals surface area contributed by atoms with Crippen LogP contribution in [0.15, 0.2) is 67.3 Å². The lowest BCUT2D eigenvalue weighted by atomic mass is 10.1. The molecule has 0 unspecified atom stereocenters. The third-order valence-electron chi connectivity index (χ3n) is 4.48. The minimum absolute atomic E-state index is 0. The Morgan fingerprint density at radius 2 is 1.36 bits per heavy atom. The zero-order valence-corrected chi connectivity index (χ0v) is 23.9. The first-order valence-electron chi connectivity index (χ1n) is 9.59. The van der Waals surface area contributed by atoms with E-state index in [9.17, 15) is 4.79 Å². The van der Waals surface area contributed by atoms with Crippen LogP contribution in [0.1, 0.15) is 16.4 Å². The van der Waals surface area contributed by atoms with Crippen LogP contribution in [0, 0.1) is 0 Å². The molecule has 0 fully saturated rings. The maximum Gasteiger partial charge on any atom is 0.375 e. The van der Waals surface area contributed by atoms with Crippen molar-refractivity contribution in [3.63, 3.8) is 0 Å². The van der Waals surface area contributed by atoms with E-state index in [0.29, 0.717) is 5.02 Å². The summed E-state index contributed by atoms with van der Waals surface area (Å²) >= 11 is 29.1. The van der Waals surface area contributed by atoms with Gasteiger partial charge >= 0.3 is 5.97 Å². The molecular formula is C22H18Cl7N5O2. The van der Waals surface area contributed by atoms with E-state index in [2.05, 4.69) is 59.1 Å². The smallest absolute Gasteiger partial charge is 0.375 e. The molecule has 192 valence electrons. The van der Waals surface area contributed by atoms with Gasteiger partial charge in [0.05, 0.1) is 10.7 Å². The van der Waals surface area contributed by atoms with Gasteiger partial charge in [0.25, 0.3) is 5.82 Å². The van der Waals surface area contributed by atoms with Crippen molar-refractivity contribution in [1.82, 2.24) is 14.8 Å². The zero-order chi connectivity index (χ0) is 25.0. The number of aryl methyl sites for hydroxylation is 2. The Kier molecular flexibility index (Phi) is 12.2. The van der Waals surface area contributed by atoms with Gasteiger partial charge < -0.3 is 29.9 Å². The van der Waals surface area contributed by atoms with Crippen LogP contribution in [0.3, 0.4) is 0 Å². The van der Waals surface area contributed by atoms with Gasteiger partial charge in [0.2, 0.25) is 3.79 Å². The summed E-state index contributed by atoms with van der Waals surface area (Å²) in [5.74, 6) is -2.06. The average molecular weight is 633 g/mol. The SMILES string of the molecule is C[n+]1ccc(-c2cc[n+](C)cc2)cc1.O=C(O)c1nc(C(Cl)(Cl)Cl)n(-c2ccc(Cl)cc2Cl)n1.[Cl-].[Cl-]. The first-order chi connectivity index (χ1) is 16.0. The Morgan fingerprint density at radius 1 is 0.889 bits per heavy atom. The molecule has 4 rings (SSSR count). The Morgan fingerprint density at radius 3 is 1.75 bits per heavy atom. The van der Waals surface area contributed by atoms with Crippen molar-refractivity contribution >= 4 is 64.0 Å². The number of hydrogen-bond donors (Lipinski definition) is 1. The lowest BCUT2D eigenvalue weighted by Crippen LogP contribution is -3.00. The van der Waals surface area contributed by atoms with E-state index >= 15 is 0 Å². The van der Waals surface area contributed by atoms with Gasteiger partial charge in [0.15, 0.2) is 30.6 Å². The number of carboxylic acid groups (broad SMARTS) is 1.